The maximum Gasteiger partial charge on any atom is 0.209 e. The molecule has 0 radical (unpaired) electrons. The number of ether oxygens (including phenoxy) is 2. The number of nitrogens with zero attached hydrogens (tertiary/aromatic N) is 1. The third-order valence-corrected chi connectivity index (χ3v) is 2.39. The van der Waals surface area contributed by atoms with Gasteiger partial charge in [-0.1, -0.05) is 12.1 Å². The zero-order chi connectivity index (χ0) is 10.7. The third kappa shape index (κ3) is 2.03. The van der Waals surface area contributed by atoms with Crippen molar-refractivity contribution in [2.45, 2.75) is 6.10 Å². The Bertz CT molecular complexity index is 347. The van der Waals surface area contributed by atoms with Gasteiger partial charge in [-0.15, -0.1) is 0 Å². The fourth-order valence-corrected chi connectivity index (χ4v) is 1.53. The molecule has 0 spiro atoms. The Morgan fingerprint density at radius 3 is 2.60 bits per heavy atom. The molecule has 0 aliphatic carbocycles. The van der Waals surface area contributed by atoms with Crippen molar-refractivity contribution in [2.24, 2.45) is 0 Å². The Kier molecular flexibility index (Phi) is 2.76. The first-order chi connectivity index (χ1) is 7.33. The van der Waals surface area contributed by atoms with Gasteiger partial charge in [-0.2, -0.15) is 0 Å². The fourth-order valence-electron chi connectivity index (χ4n) is 1.53. The monoisotopic (exact) mass is 207 g/mol. The Morgan fingerprint density at radius 2 is 2.00 bits per heavy atom. The first-order valence-electron chi connectivity index (χ1n) is 4.82. The van der Waals surface area contributed by atoms with Crippen LogP contribution in [0.25, 0.3) is 0 Å². The average Bonchev–Trinajstić information content (AvgIpc) is 2.23. The number of likely N-dealkylation sites (tertiary alicyclic amines) is 1. The van der Waals surface area contributed by atoms with Crippen molar-refractivity contribution in [3.63, 3.8) is 0 Å². The van der Waals surface area contributed by atoms with E-state index in [1.807, 2.05) is 24.3 Å². The van der Waals surface area contributed by atoms with Crippen LogP contribution in [0.5, 0.6) is 11.5 Å². The van der Waals surface area contributed by atoms with E-state index in [2.05, 4.69) is 0 Å². The number of carbonyl (C=O) groups excluding carboxylic acids is 1. The predicted octanol–water partition coefficient (Wildman–Crippen LogP) is 0.915. The van der Waals surface area contributed by atoms with Gasteiger partial charge in [-0.05, 0) is 12.1 Å². The van der Waals surface area contributed by atoms with Crippen LogP contribution in [-0.4, -0.2) is 37.6 Å². The summed E-state index contributed by atoms with van der Waals surface area (Å²) in [7, 11) is 1.61. The minimum absolute atomic E-state index is 0.0894. The molecule has 4 nitrogen and oxygen atoms in total. The molecule has 0 N–H and O–H groups in total. The van der Waals surface area contributed by atoms with Gasteiger partial charge in [-0.25, -0.2) is 0 Å². The SMILES string of the molecule is COc1ccccc1OC1CN(C=O)C1. The molecular weight excluding hydrogens is 194 g/mol. The minimum atomic E-state index is 0.0894. The normalized spacial score (nSPS) is 15.7. The van der Waals surface area contributed by atoms with Crippen molar-refractivity contribution < 1.29 is 14.3 Å². The summed E-state index contributed by atoms with van der Waals surface area (Å²) in [6.07, 6.45) is 0.925. The lowest BCUT2D eigenvalue weighted by Crippen LogP contribution is -2.52. The van der Waals surface area contributed by atoms with E-state index in [-0.39, 0.29) is 6.10 Å². The molecule has 1 amide bonds. The van der Waals surface area contributed by atoms with Crippen molar-refractivity contribution in [3.8, 4) is 11.5 Å². The lowest BCUT2D eigenvalue weighted by atomic mass is 10.2. The molecule has 0 saturated carbocycles. The van der Waals surface area contributed by atoms with Gasteiger partial charge >= 0.3 is 0 Å². The van der Waals surface area contributed by atoms with Gasteiger partial charge in [-0.3, -0.25) is 4.79 Å². The van der Waals surface area contributed by atoms with Crippen LogP contribution in [0.4, 0.5) is 0 Å². The van der Waals surface area contributed by atoms with Crippen LogP contribution in [-0.2, 0) is 4.79 Å². The van der Waals surface area contributed by atoms with Crippen LogP contribution in [0.1, 0.15) is 0 Å². The molecule has 0 atom stereocenters. The molecule has 0 aromatic heterocycles. The summed E-state index contributed by atoms with van der Waals surface area (Å²) < 4.78 is 10.8. The van der Waals surface area contributed by atoms with E-state index in [4.69, 9.17) is 9.47 Å². The third-order valence-electron chi connectivity index (χ3n) is 2.39. The molecular formula is C11H13NO3. The lowest BCUT2D eigenvalue weighted by Gasteiger charge is -2.36. The number of carbonyl (C=O) groups is 1. The summed E-state index contributed by atoms with van der Waals surface area (Å²) in [6.45, 7) is 1.31. The Balaban J connectivity index is 1.96. The summed E-state index contributed by atoms with van der Waals surface area (Å²) >= 11 is 0. The summed E-state index contributed by atoms with van der Waals surface area (Å²) in [5.74, 6) is 1.46. The van der Waals surface area contributed by atoms with Gasteiger partial charge in [0.05, 0.1) is 20.2 Å². The predicted molar refractivity (Wildman–Crippen MR) is 55.0 cm³/mol. The molecule has 1 aromatic carbocycles. The van der Waals surface area contributed by atoms with Crippen molar-refractivity contribution in [1.29, 1.82) is 0 Å². The molecule has 1 aliphatic rings. The zero-order valence-corrected chi connectivity index (χ0v) is 8.55. The van der Waals surface area contributed by atoms with Crippen LogP contribution in [0, 0.1) is 0 Å². The summed E-state index contributed by atoms with van der Waals surface area (Å²) in [5.41, 5.74) is 0. The smallest absolute Gasteiger partial charge is 0.209 e. The van der Waals surface area contributed by atoms with Crippen molar-refractivity contribution in [3.05, 3.63) is 24.3 Å². The molecule has 80 valence electrons. The second kappa shape index (κ2) is 4.21. The molecule has 1 heterocycles. The minimum Gasteiger partial charge on any atom is -0.493 e. The second-order valence-corrected chi connectivity index (χ2v) is 3.45. The van der Waals surface area contributed by atoms with Crippen molar-refractivity contribution >= 4 is 6.41 Å². The highest BCUT2D eigenvalue weighted by Crippen LogP contribution is 2.28. The Labute approximate surface area is 88.4 Å². The molecule has 1 saturated heterocycles. The van der Waals surface area contributed by atoms with E-state index in [0.717, 1.165) is 17.9 Å². The molecule has 2 rings (SSSR count). The molecule has 0 bridgehead atoms. The van der Waals surface area contributed by atoms with E-state index >= 15 is 0 Å². The summed E-state index contributed by atoms with van der Waals surface area (Å²) in [4.78, 5) is 12.0. The van der Waals surface area contributed by atoms with Crippen LogP contribution >= 0.6 is 0 Å². The Morgan fingerprint density at radius 1 is 1.33 bits per heavy atom. The summed E-state index contributed by atoms with van der Waals surface area (Å²) in [5, 5.41) is 0. The highest BCUT2D eigenvalue weighted by Gasteiger charge is 2.27. The lowest BCUT2D eigenvalue weighted by molar-refractivity contribution is -0.126. The highest BCUT2D eigenvalue weighted by molar-refractivity contribution is 5.49. The van der Waals surface area contributed by atoms with E-state index in [1.54, 1.807) is 12.0 Å². The van der Waals surface area contributed by atoms with Crippen LogP contribution in [0.15, 0.2) is 24.3 Å². The first kappa shape index (κ1) is 9.83. The summed E-state index contributed by atoms with van der Waals surface area (Å²) in [6, 6.07) is 7.51. The number of hydrogen-bond donors (Lipinski definition) is 0. The molecule has 1 aliphatic heterocycles. The molecule has 1 fully saturated rings. The maximum atomic E-state index is 10.4. The van der Waals surface area contributed by atoms with Gasteiger partial charge in [0, 0.05) is 0 Å². The highest BCUT2D eigenvalue weighted by atomic mass is 16.5. The van der Waals surface area contributed by atoms with Gasteiger partial charge in [0.15, 0.2) is 11.5 Å². The number of hydrogen-bond acceptors (Lipinski definition) is 3. The fraction of sp³-hybridized carbons (Fsp3) is 0.364. The number of amides is 1. The maximum absolute atomic E-state index is 10.4. The van der Waals surface area contributed by atoms with Gasteiger partial charge < -0.3 is 14.4 Å². The van der Waals surface area contributed by atoms with Crippen LogP contribution in [0.2, 0.25) is 0 Å². The average molecular weight is 207 g/mol. The molecule has 0 unspecified atom stereocenters. The number of rotatable bonds is 4. The van der Waals surface area contributed by atoms with Crippen molar-refractivity contribution in [1.82, 2.24) is 4.90 Å². The van der Waals surface area contributed by atoms with Gasteiger partial charge in [0.1, 0.15) is 6.10 Å². The Hall–Kier alpha value is -1.71. The van der Waals surface area contributed by atoms with E-state index < -0.39 is 0 Å². The number of benzene rings is 1. The number of methoxy groups -OCH3 is 1. The van der Waals surface area contributed by atoms with Crippen LogP contribution < -0.4 is 9.47 Å². The second-order valence-electron chi connectivity index (χ2n) is 3.45. The van der Waals surface area contributed by atoms with E-state index in [1.165, 1.54) is 0 Å². The molecule has 1 aromatic rings. The largest absolute Gasteiger partial charge is 0.493 e. The quantitative estimate of drug-likeness (QED) is 0.689. The zero-order valence-electron chi connectivity index (χ0n) is 8.55. The topological polar surface area (TPSA) is 38.8 Å². The number of para-hydroxylation sites is 2. The molecule has 4 heteroatoms. The standard InChI is InChI=1S/C11H13NO3/c1-14-10-4-2-3-5-11(10)15-9-6-12(7-9)8-13/h2-5,8-9H,6-7H2,1H3. The van der Waals surface area contributed by atoms with Gasteiger partial charge in [0.2, 0.25) is 6.41 Å². The van der Waals surface area contributed by atoms with E-state index in [9.17, 15) is 4.79 Å². The van der Waals surface area contributed by atoms with Crippen molar-refractivity contribution in [2.75, 3.05) is 20.2 Å². The first-order valence-corrected chi connectivity index (χ1v) is 4.82. The van der Waals surface area contributed by atoms with E-state index in [0.29, 0.717) is 13.1 Å². The van der Waals surface area contributed by atoms with Gasteiger partial charge in [0.25, 0.3) is 0 Å². The molecule has 15 heavy (non-hydrogen) atoms. The van der Waals surface area contributed by atoms with Crippen LogP contribution in [0.3, 0.4) is 0 Å².